The van der Waals surface area contributed by atoms with E-state index in [1.165, 1.54) is 0 Å². The number of hydrogen-bond acceptors (Lipinski definition) is 5. The minimum atomic E-state index is -0.450. The van der Waals surface area contributed by atoms with Crippen molar-refractivity contribution in [1.82, 2.24) is 14.7 Å². The first-order valence-corrected chi connectivity index (χ1v) is 12.2. The van der Waals surface area contributed by atoms with Gasteiger partial charge in [0.05, 0.1) is 19.3 Å². The van der Waals surface area contributed by atoms with Gasteiger partial charge in [0.2, 0.25) is 11.8 Å². The number of benzene rings is 1. The summed E-state index contributed by atoms with van der Waals surface area (Å²) in [5.41, 5.74) is 1.46. The molecule has 1 aromatic carbocycles. The number of rotatable bonds is 7. The number of aryl methyl sites for hydroxylation is 2. The molecule has 7 nitrogen and oxygen atoms in total. The van der Waals surface area contributed by atoms with Gasteiger partial charge in [0, 0.05) is 43.0 Å². The predicted octanol–water partition coefficient (Wildman–Crippen LogP) is 2.88. The average Bonchev–Trinajstić information content (AvgIpc) is 2.76. The van der Waals surface area contributed by atoms with Crippen LogP contribution in [-0.4, -0.2) is 91.2 Å². The van der Waals surface area contributed by atoms with Gasteiger partial charge in [-0.1, -0.05) is 11.6 Å². The van der Waals surface area contributed by atoms with Crippen LogP contribution in [0.25, 0.3) is 0 Å². The Kier molecular flexibility index (Phi) is 8.65. The largest absolute Gasteiger partial charge is 0.493 e. The third kappa shape index (κ3) is 6.84. The van der Waals surface area contributed by atoms with Gasteiger partial charge in [-0.05, 0) is 76.9 Å². The zero-order valence-corrected chi connectivity index (χ0v) is 21.2. The highest BCUT2D eigenvalue weighted by Gasteiger charge is 2.41. The highest BCUT2D eigenvalue weighted by Crippen LogP contribution is 2.36. The molecular formula is C25H38ClN3O4. The van der Waals surface area contributed by atoms with Gasteiger partial charge in [-0.2, -0.15) is 0 Å². The summed E-state index contributed by atoms with van der Waals surface area (Å²) in [5, 5.41) is 10.5. The van der Waals surface area contributed by atoms with Crippen molar-refractivity contribution in [3.63, 3.8) is 0 Å². The molecule has 0 spiro atoms. The van der Waals surface area contributed by atoms with Gasteiger partial charge >= 0.3 is 0 Å². The zero-order valence-electron chi connectivity index (χ0n) is 20.4. The second kappa shape index (κ2) is 11.1. The number of ether oxygens (including phenoxy) is 1. The van der Waals surface area contributed by atoms with E-state index in [1.807, 2.05) is 54.8 Å². The van der Waals surface area contributed by atoms with Crippen molar-refractivity contribution >= 4 is 23.4 Å². The van der Waals surface area contributed by atoms with Gasteiger partial charge in [0.25, 0.3) is 0 Å². The molecule has 2 saturated heterocycles. The Morgan fingerprint density at radius 2 is 1.76 bits per heavy atom. The average molecular weight is 480 g/mol. The van der Waals surface area contributed by atoms with Crippen LogP contribution < -0.4 is 4.74 Å². The Morgan fingerprint density at radius 3 is 2.36 bits per heavy atom. The fourth-order valence-electron chi connectivity index (χ4n) is 4.88. The van der Waals surface area contributed by atoms with Crippen molar-refractivity contribution in [1.29, 1.82) is 0 Å². The van der Waals surface area contributed by atoms with Crippen molar-refractivity contribution in [3.05, 3.63) is 28.3 Å². The Morgan fingerprint density at radius 1 is 1.12 bits per heavy atom. The monoisotopic (exact) mass is 479 g/mol. The fourth-order valence-corrected chi connectivity index (χ4v) is 4.99. The van der Waals surface area contributed by atoms with E-state index in [0.717, 1.165) is 34.7 Å². The number of halogens is 1. The van der Waals surface area contributed by atoms with Crippen LogP contribution in [0, 0.1) is 19.3 Å². The molecule has 0 unspecified atom stereocenters. The van der Waals surface area contributed by atoms with Crippen LogP contribution >= 0.6 is 11.6 Å². The molecule has 0 saturated carbocycles. The summed E-state index contributed by atoms with van der Waals surface area (Å²) in [4.78, 5) is 31.7. The number of amides is 2. The summed E-state index contributed by atoms with van der Waals surface area (Å²) in [6, 6.07) is 3.85. The lowest BCUT2D eigenvalue weighted by Gasteiger charge is -2.43. The summed E-state index contributed by atoms with van der Waals surface area (Å²) in [7, 11) is 3.77. The molecule has 0 radical (unpaired) electrons. The second-order valence-electron chi connectivity index (χ2n) is 10.1. The highest BCUT2D eigenvalue weighted by atomic mass is 35.5. The lowest BCUT2D eigenvalue weighted by atomic mass is 9.77. The molecule has 0 aliphatic carbocycles. The number of carbonyl (C=O) groups excluding carboxylic acids is 2. The van der Waals surface area contributed by atoms with E-state index in [4.69, 9.17) is 16.3 Å². The molecule has 8 heteroatoms. The summed E-state index contributed by atoms with van der Waals surface area (Å²) >= 11 is 6.31. The maximum absolute atomic E-state index is 13.3. The number of aliphatic hydroxyl groups is 1. The number of likely N-dealkylation sites (tertiary alicyclic amines) is 2. The predicted molar refractivity (Wildman–Crippen MR) is 130 cm³/mol. The van der Waals surface area contributed by atoms with Crippen LogP contribution in [0.15, 0.2) is 12.1 Å². The topological polar surface area (TPSA) is 73.3 Å². The number of aliphatic hydroxyl groups excluding tert-OH is 1. The number of carbonyl (C=O) groups is 2. The highest BCUT2D eigenvalue weighted by molar-refractivity contribution is 6.32. The van der Waals surface area contributed by atoms with E-state index < -0.39 is 5.41 Å². The van der Waals surface area contributed by atoms with Gasteiger partial charge < -0.3 is 24.5 Å². The minimum absolute atomic E-state index is 0.0794. The molecule has 2 fully saturated rings. The van der Waals surface area contributed by atoms with Crippen LogP contribution in [0.5, 0.6) is 5.75 Å². The van der Waals surface area contributed by atoms with Gasteiger partial charge in [-0.25, -0.2) is 0 Å². The molecule has 1 N–H and O–H groups in total. The van der Waals surface area contributed by atoms with Gasteiger partial charge in [-0.3, -0.25) is 9.59 Å². The lowest BCUT2D eigenvalue weighted by Crippen LogP contribution is -2.53. The molecule has 2 aliphatic rings. The SMILES string of the molecule is Cc1cc(OC[C@@]2(CC(=O)N3CCC(O)CC3)CCCN(C(=O)CN(C)C)C2)cc(C)c1Cl. The molecule has 33 heavy (non-hydrogen) atoms. The lowest BCUT2D eigenvalue weighted by molar-refractivity contribution is -0.143. The number of nitrogens with zero attached hydrogens (tertiary/aromatic N) is 3. The van der Waals surface area contributed by atoms with Gasteiger partial charge in [-0.15, -0.1) is 0 Å². The van der Waals surface area contributed by atoms with E-state index in [0.29, 0.717) is 58.6 Å². The summed E-state index contributed by atoms with van der Waals surface area (Å²) in [6.45, 7) is 6.99. The second-order valence-corrected chi connectivity index (χ2v) is 10.5. The third-order valence-corrected chi connectivity index (χ3v) is 7.36. The van der Waals surface area contributed by atoms with Crippen LogP contribution in [-0.2, 0) is 9.59 Å². The van der Waals surface area contributed by atoms with E-state index in [2.05, 4.69) is 0 Å². The van der Waals surface area contributed by atoms with Crippen LogP contribution in [0.4, 0.5) is 0 Å². The third-order valence-electron chi connectivity index (χ3n) is 6.76. The number of piperidine rings is 2. The van der Waals surface area contributed by atoms with E-state index in [-0.39, 0.29) is 17.9 Å². The molecule has 1 aromatic rings. The van der Waals surface area contributed by atoms with Crippen molar-refractivity contribution in [2.75, 3.05) is 53.4 Å². The summed E-state index contributed by atoms with van der Waals surface area (Å²) in [5.74, 6) is 0.894. The van der Waals surface area contributed by atoms with E-state index in [1.54, 1.807) is 0 Å². The first-order chi connectivity index (χ1) is 15.6. The molecule has 2 amide bonds. The molecule has 2 aliphatic heterocycles. The smallest absolute Gasteiger partial charge is 0.236 e. The van der Waals surface area contributed by atoms with Crippen molar-refractivity contribution < 1.29 is 19.4 Å². The van der Waals surface area contributed by atoms with Crippen molar-refractivity contribution in [3.8, 4) is 5.75 Å². The van der Waals surface area contributed by atoms with Gasteiger partial charge in [0.1, 0.15) is 5.75 Å². The summed E-state index contributed by atoms with van der Waals surface area (Å²) in [6.07, 6.45) is 2.91. The van der Waals surface area contributed by atoms with Crippen molar-refractivity contribution in [2.45, 2.75) is 52.1 Å². The van der Waals surface area contributed by atoms with Gasteiger partial charge in [0.15, 0.2) is 0 Å². The quantitative estimate of drug-likeness (QED) is 0.651. The van der Waals surface area contributed by atoms with E-state index >= 15 is 0 Å². The Labute approximate surface area is 202 Å². The summed E-state index contributed by atoms with van der Waals surface area (Å²) < 4.78 is 6.26. The maximum Gasteiger partial charge on any atom is 0.236 e. The maximum atomic E-state index is 13.3. The standard InChI is InChI=1S/C25H38ClN3O4/c1-18-12-21(13-19(2)24(18)26)33-17-25(14-22(31)28-10-6-20(30)7-11-28)8-5-9-29(16-25)23(32)15-27(3)4/h12-13,20,30H,5-11,14-17H2,1-4H3/t25-/m1/s1. The van der Waals surface area contributed by atoms with Crippen LogP contribution in [0.2, 0.25) is 5.02 Å². The molecular weight excluding hydrogens is 442 g/mol. The Hall–Kier alpha value is -1.83. The first-order valence-electron chi connectivity index (χ1n) is 11.9. The first kappa shape index (κ1) is 25.8. The van der Waals surface area contributed by atoms with Crippen LogP contribution in [0.1, 0.15) is 43.2 Å². The molecule has 0 bridgehead atoms. The molecule has 184 valence electrons. The number of likely N-dealkylation sites (N-methyl/N-ethyl adjacent to an activating group) is 1. The molecule has 2 heterocycles. The van der Waals surface area contributed by atoms with E-state index in [9.17, 15) is 14.7 Å². The Bertz CT molecular complexity index is 831. The molecule has 1 atom stereocenters. The fraction of sp³-hybridized carbons (Fsp3) is 0.680. The van der Waals surface area contributed by atoms with Crippen molar-refractivity contribution in [2.24, 2.45) is 5.41 Å². The zero-order chi connectivity index (χ0) is 24.2. The molecule has 0 aromatic heterocycles. The van der Waals surface area contributed by atoms with Crippen LogP contribution in [0.3, 0.4) is 0 Å². The number of hydrogen-bond donors (Lipinski definition) is 1. The Balaban J connectivity index is 1.77. The minimum Gasteiger partial charge on any atom is -0.493 e. The normalized spacial score (nSPS) is 22.0. The molecule has 3 rings (SSSR count).